The first-order valence-corrected chi connectivity index (χ1v) is 11.5. The smallest absolute Gasteiger partial charge is 0.291 e. The van der Waals surface area contributed by atoms with Crippen molar-refractivity contribution in [2.45, 2.75) is 19.0 Å². The van der Waals surface area contributed by atoms with Crippen LogP contribution in [0.25, 0.3) is 11.0 Å². The summed E-state index contributed by atoms with van der Waals surface area (Å²) in [6.45, 7) is 1.10. The second kappa shape index (κ2) is 7.86. The van der Waals surface area contributed by atoms with E-state index in [1.54, 1.807) is 60.7 Å². The van der Waals surface area contributed by atoms with E-state index in [1.807, 2.05) is 6.92 Å². The number of benzene rings is 3. The fraction of sp³-hybridized carbons (Fsp3) is 0.179. The molecule has 0 bridgehead atoms. The Morgan fingerprint density at radius 2 is 1.75 bits per heavy atom. The number of rotatable bonds is 4. The predicted octanol–water partition coefficient (Wildman–Crippen LogP) is 3.48. The van der Waals surface area contributed by atoms with Crippen molar-refractivity contribution in [3.05, 3.63) is 111 Å². The number of hydrogen-bond acceptors (Lipinski definition) is 5. The van der Waals surface area contributed by atoms with Crippen LogP contribution in [0.3, 0.4) is 0 Å². The first-order valence-electron chi connectivity index (χ1n) is 11.5. The number of aliphatic hydroxyl groups is 1. The molecule has 0 saturated heterocycles. The fourth-order valence-electron chi connectivity index (χ4n) is 5.46. The van der Waals surface area contributed by atoms with Crippen LogP contribution < -0.4 is 10.3 Å². The van der Waals surface area contributed by atoms with Crippen molar-refractivity contribution in [2.75, 3.05) is 18.1 Å². The largest absolute Gasteiger partial charge is 0.450 e. The number of anilines is 1. The van der Waals surface area contributed by atoms with Gasteiger partial charge in [-0.2, -0.15) is 0 Å². The number of hydrogen-bond donors (Lipinski definition) is 1. The van der Waals surface area contributed by atoms with Crippen molar-refractivity contribution in [3.63, 3.8) is 0 Å². The summed E-state index contributed by atoms with van der Waals surface area (Å²) < 4.78 is 20.5. The summed E-state index contributed by atoms with van der Waals surface area (Å²) in [6, 6.07) is 18.0. The molecule has 180 valence electrons. The van der Waals surface area contributed by atoms with Gasteiger partial charge in [-0.25, -0.2) is 4.39 Å². The molecule has 36 heavy (non-hydrogen) atoms. The Labute approximate surface area is 205 Å². The number of aryl methyl sites for hydroxylation is 1. The molecule has 1 atom stereocenters. The van der Waals surface area contributed by atoms with Gasteiger partial charge < -0.3 is 19.3 Å². The molecule has 3 aromatic carbocycles. The van der Waals surface area contributed by atoms with Crippen molar-refractivity contribution in [3.8, 4) is 0 Å². The zero-order valence-electron chi connectivity index (χ0n) is 19.3. The SMILES string of the molecule is Cc1ccc2oc3c(c(=O)c2c1)C1(C(=O)N(Cc2ccccc2F)c2ccccc21)N(CCO)C3=O. The lowest BCUT2D eigenvalue weighted by Gasteiger charge is -2.33. The number of halogens is 1. The van der Waals surface area contributed by atoms with E-state index in [-0.39, 0.29) is 40.9 Å². The fourth-order valence-corrected chi connectivity index (χ4v) is 5.46. The van der Waals surface area contributed by atoms with E-state index in [0.717, 1.165) is 5.56 Å². The molecular weight excluding hydrogens is 463 g/mol. The minimum absolute atomic E-state index is 0.0764. The van der Waals surface area contributed by atoms with E-state index < -0.39 is 35.2 Å². The van der Waals surface area contributed by atoms with Crippen LogP contribution in [0.5, 0.6) is 0 Å². The minimum atomic E-state index is -1.84. The van der Waals surface area contributed by atoms with Gasteiger partial charge in [0.2, 0.25) is 5.76 Å². The highest BCUT2D eigenvalue weighted by Gasteiger charge is 2.64. The van der Waals surface area contributed by atoms with Gasteiger partial charge in [0.05, 0.1) is 29.8 Å². The summed E-state index contributed by atoms with van der Waals surface area (Å²) in [5.74, 6) is -1.93. The average Bonchev–Trinajstić information content (AvgIpc) is 3.26. The third-order valence-corrected chi connectivity index (χ3v) is 7.00. The molecule has 1 spiro atoms. The number of para-hydroxylation sites is 1. The molecule has 2 aliphatic heterocycles. The number of nitrogens with zero attached hydrogens (tertiary/aromatic N) is 2. The molecule has 1 N–H and O–H groups in total. The average molecular weight is 484 g/mol. The molecule has 1 aromatic heterocycles. The summed E-state index contributed by atoms with van der Waals surface area (Å²) in [5, 5.41) is 10.1. The Bertz CT molecular complexity index is 1650. The maximum atomic E-state index is 14.6. The van der Waals surface area contributed by atoms with Gasteiger partial charge in [-0.1, -0.05) is 48.0 Å². The van der Waals surface area contributed by atoms with Crippen LogP contribution in [0.2, 0.25) is 0 Å². The minimum Gasteiger partial charge on any atom is -0.450 e. The highest BCUT2D eigenvalue weighted by Crippen LogP contribution is 2.52. The third kappa shape index (κ3) is 2.79. The van der Waals surface area contributed by atoms with E-state index >= 15 is 0 Å². The van der Waals surface area contributed by atoms with Crippen LogP contribution in [-0.2, 0) is 16.9 Å². The summed E-state index contributed by atoms with van der Waals surface area (Å²) in [5.41, 5.74) is -0.191. The molecule has 0 saturated carbocycles. The Morgan fingerprint density at radius 3 is 2.53 bits per heavy atom. The van der Waals surface area contributed by atoms with Gasteiger partial charge in [0, 0.05) is 17.7 Å². The molecule has 2 amide bonds. The lowest BCUT2D eigenvalue weighted by molar-refractivity contribution is -0.126. The highest BCUT2D eigenvalue weighted by molar-refractivity contribution is 6.17. The van der Waals surface area contributed by atoms with Gasteiger partial charge in [-0.3, -0.25) is 14.4 Å². The van der Waals surface area contributed by atoms with Gasteiger partial charge in [0.1, 0.15) is 11.4 Å². The number of fused-ring (bicyclic) bond motifs is 5. The van der Waals surface area contributed by atoms with Crippen molar-refractivity contribution >= 4 is 28.5 Å². The van der Waals surface area contributed by atoms with Crippen molar-refractivity contribution in [2.24, 2.45) is 0 Å². The van der Waals surface area contributed by atoms with E-state index in [2.05, 4.69) is 0 Å². The predicted molar refractivity (Wildman–Crippen MR) is 130 cm³/mol. The first-order chi connectivity index (χ1) is 17.4. The molecule has 0 radical (unpaired) electrons. The lowest BCUT2D eigenvalue weighted by atomic mass is 9.84. The number of β-amino-alcohol motifs (C(OH)–C–C–N with tert-alkyl or cyclic N) is 1. The second-order valence-corrected chi connectivity index (χ2v) is 9.03. The number of amides is 2. The standard InChI is InChI=1S/C28H21FN2O5/c1-16-10-11-22-18(14-16)24(33)23-25(36-22)26(34)31(12-13-32)28(23)19-7-3-5-9-21(19)30(27(28)35)15-17-6-2-4-8-20(17)29/h2-11,14,32H,12-13,15H2,1H3. The Morgan fingerprint density at radius 1 is 1.00 bits per heavy atom. The zero-order chi connectivity index (χ0) is 25.2. The summed E-state index contributed by atoms with van der Waals surface area (Å²) in [4.78, 5) is 44.6. The van der Waals surface area contributed by atoms with E-state index in [4.69, 9.17) is 4.42 Å². The molecular formula is C28H21FN2O5. The van der Waals surface area contributed by atoms with Crippen molar-refractivity contribution < 1.29 is 23.5 Å². The monoisotopic (exact) mass is 484 g/mol. The van der Waals surface area contributed by atoms with Crippen LogP contribution in [-0.4, -0.2) is 35.0 Å². The maximum Gasteiger partial charge on any atom is 0.291 e. The molecule has 3 heterocycles. The van der Waals surface area contributed by atoms with Gasteiger partial charge in [0.15, 0.2) is 11.0 Å². The Hall–Kier alpha value is -4.30. The Balaban J connectivity index is 1.67. The van der Waals surface area contributed by atoms with Gasteiger partial charge in [-0.15, -0.1) is 0 Å². The maximum absolute atomic E-state index is 14.6. The molecule has 4 aromatic rings. The zero-order valence-corrected chi connectivity index (χ0v) is 19.3. The number of carbonyl (C=O) groups is 2. The number of aliphatic hydroxyl groups excluding tert-OH is 1. The Kier molecular flexibility index (Phi) is 4.84. The van der Waals surface area contributed by atoms with E-state index in [9.17, 15) is 23.9 Å². The summed E-state index contributed by atoms with van der Waals surface area (Å²) >= 11 is 0. The summed E-state index contributed by atoms with van der Waals surface area (Å²) in [6.07, 6.45) is 0. The number of carbonyl (C=O) groups excluding carboxylic acids is 2. The third-order valence-electron chi connectivity index (χ3n) is 7.00. The summed E-state index contributed by atoms with van der Waals surface area (Å²) in [7, 11) is 0. The van der Waals surface area contributed by atoms with E-state index in [1.165, 1.54) is 15.9 Å². The quantitative estimate of drug-likeness (QED) is 0.479. The molecule has 7 nitrogen and oxygen atoms in total. The van der Waals surface area contributed by atoms with Crippen LogP contribution in [0.15, 0.2) is 75.9 Å². The first kappa shape index (κ1) is 22.2. The normalized spacial score (nSPS) is 18.4. The lowest BCUT2D eigenvalue weighted by Crippen LogP contribution is -2.54. The van der Waals surface area contributed by atoms with Crippen LogP contribution in [0.4, 0.5) is 10.1 Å². The van der Waals surface area contributed by atoms with Crippen LogP contribution in [0.1, 0.15) is 32.8 Å². The topological polar surface area (TPSA) is 91.1 Å². The molecule has 6 rings (SSSR count). The molecule has 1 unspecified atom stereocenters. The van der Waals surface area contributed by atoms with Crippen LogP contribution in [0, 0.1) is 12.7 Å². The van der Waals surface area contributed by atoms with Crippen molar-refractivity contribution in [1.29, 1.82) is 0 Å². The molecule has 8 heteroatoms. The van der Waals surface area contributed by atoms with E-state index in [0.29, 0.717) is 11.3 Å². The molecule has 0 aliphatic carbocycles. The molecule has 0 fully saturated rings. The van der Waals surface area contributed by atoms with Gasteiger partial charge in [0.25, 0.3) is 11.8 Å². The van der Waals surface area contributed by atoms with Gasteiger partial charge >= 0.3 is 0 Å². The second-order valence-electron chi connectivity index (χ2n) is 9.03. The molecule has 2 aliphatic rings. The van der Waals surface area contributed by atoms with Crippen molar-refractivity contribution in [1.82, 2.24) is 4.90 Å². The van der Waals surface area contributed by atoms with Gasteiger partial charge in [-0.05, 0) is 31.2 Å². The highest BCUT2D eigenvalue weighted by atomic mass is 19.1. The van der Waals surface area contributed by atoms with Crippen LogP contribution >= 0.6 is 0 Å².